The Labute approximate surface area is 526 Å². The zero-order valence-corrected chi connectivity index (χ0v) is 55.4. The molecular weight excluding hydrogens is 1090 g/mol. The second-order valence-electron chi connectivity index (χ2n) is 31.9. The number of fused-ring (bicyclic) bond motifs is 15. The van der Waals surface area contributed by atoms with Gasteiger partial charge in [0, 0.05) is 60.3 Å². The minimum atomic E-state index is -0.222. The first kappa shape index (κ1) is 55.8. The molecule has 442 valence electrons. The fourth-order valence-electron chi connectivity index (χ4n) is 17.1. The molecule has 0 N–H and O–H groups in total. The molecule has 5 aliphatic rings. The molecule has 4 nitrogen and oxygen atoms in total. The Balaban J connectivity index is 1.12. The lowest BCUT2D eigenvalue weighted by Crippen LogP contribution is -2.62. The van der Waals surface area contributed by atoms with Gasteiger partial charge in [0.25, 0.3) is 6.71 Å². The van der Waals surface area contributed by atoms with Crippen molar-refractivity contribution in [2.45, 2.75) is 180 Å². The minimum Gasteiger partial charge on any atom is -0.456 e. The van der Waals surface area contributed by atoms with Crippen LogP contribution in [0.3, 0.4) is 0 Å². The predicted octanol–water partition coefficient (Wildman–Crippen LogP) is 21.7. The van der Waals surface area contributed by atoms with Gasteiger partial charge in [-0.2, -0.15) is 0 Å². The summed E-state index contributed by atoms with van der Waals surface area (Å²) in [5, 5.41) is 4.95. The van der Waals surface area contributed by atoms with Crippen LogP contribution in [0, 0.1) is 0 Å². The molecule has 0 spiro atoms. The molecule has 0 amide bonds. The second-order valence-corrected chi connectivity index (χ2v) is 32.9. The van der Waals surface area contributed by atoms with E-state index in [1.54, 1.807) is 0 Å². The number of rotatable bonds is 4. The van der Waals surface area contributed by atoms with Gasteiger partial charge in [0.2, 0.25) is 0 Å². The van der Waals surface area contributed by atoms with E-state index in [0.717, 1.165) is 47.9 Å². The van der Waals surface area contributed by atoms with E-state index in [4.69, 9.17) is 4.42 Å². The van der Waals surface area contributed by atoms with Crippen LogP contribution in [0.2, 0.25) is 0 Å². The van der Waals surface area contributed by atoms with Crippen molar-refractivity contribution in [3.05, 3.63) is 197 Å². The van der Waals surface area contributed by atoms with Crippen LogP contribution in [-0.4, -0.2) is 12.3 Å². The van der Waals surface area contributed by atoms with Crippen LogP contribution in [-0.2, 0) is 32.5 Å². The zero-order valence-electron chi connectivity index (χ0n) is 54.6. The summed E-state index contributed by atoms with van der Waals surface area (Å²) in [6.45, 7) is 36.4. The van der Waals surface area contributed by atoms with Crippen molar-refractivity contribution < 1.29 is 4.42 Å². The molecule has 3 aliphatic heterocycles. The minimum absolute atomic E-state index is 0.00247. The third-order valence-corrected chi connectivity index (χ3v) is 23.7. The van der Waals surface area contributed by atoms with Crippen molar-refractivity contribution in [1.29, 1.82) is 0 Å². The molecule has 1 fully saturated rings. The average Bonchev–Trinajstić information content (AvgIpc) is 1.50. The second kappa shape index (κ2) is 18.5. The lowest BCUT2D eigenvalue weighted by atomic mass is 9.33. The molecule has 2 aliphatic carbocycles. The third-order valence-electron chi connectivity index (χ3n) is 22.5. The highest BCUT2D eigenvalue weighted by Crippen LogP contribution is 2.63. The first-order valence-electron chi connectivity index (χ1n) is 32.8. The summed E-state index contributed by atoms with van der Waals surface area (Å²) in [5.41, 5.74) is 26.1. The van der Waals surface area contributed by atoms with Crippen LogP contribution in [0.15, 0.2) is 168 Å². The quantitative estimate of drug-likeness (QED) is 0.164. The van der Waals surface area contributed by atoms with Gasteiger partial charge in [-0.25, -0.2) is 0 Å². The number of hydrogen-bond acceptors (Lipinski definition) is 5. The van der Waals surface area contributed by atoms with E-state index < -0.39 is 0 Å². The molecule has 0 radical (unpaired) electrons. The van der Waals surface area contributed by atoms with Crippen molar-refractivity contribution in [1.82, 2.24) is 0 Å². The van der Waals surface area contributed by atoms with Crippen LogP contribution in [0.4, 0.5) is 45.5 Å². The average molecular weight is 1170 g/mol. The Bertz CT molecular complexity index is 4770. The van der Waals surface area contributed by atoms with Crippen LogP contribution in [0.5, 0.6) is 0 Å². The van der Waals surface area contributed by atoms with Gasteiger partial charge < -0.3 is 19.1 Å². The van der Waals surface area contributed by atoms with Crippen molar-refractivity contribution in [3.63, 3.8) is 0 Å². The Kier molecular flexibility index (Phi) is 11.7. The monoisotopic (exact) mass is 1170 g/mol. The molecule has 16 rings (SSSR count). The van der Waals surface area contributed by atoms with Crippen molar-refractivity contribution in [2.75, 3.05) is 14.7 Å². The number of furan rings is 1. The molecule has 2 unspecified atom stereocenters. The maximum atomic E-state index is 7.20. The molecule has 88 heavy (non-hydrogen) atoms. The Hall–Kier alpha value is -7.54. The van der Waals surface area contributed by atoms with Crippen LogP contribution in [0.25, 0.3) is 53.2 Å². The van der Waals surface area contributed by atoms with E-state index in [-0.39, 0.29) is 44.7 Å². The summed E-state index contributed by atoms with van der Waals surface area (Å²) in [7, 11) is 0. The van der Waals surface area contributed by atoms with E-state index in [0.29, 0.717) is 0 Å². The predicted molar refractivity (Wildman–Crippen MR) is 380 cm³/mol. The molecule has 1 saturated carbocycles. The summed E-state index contributed by atoms with van der Waals surface area (Å²) >= 11 is 1.94. The molecule has 0 saturated heterocycles. The van der Waals surface area contributed by atoms with Crippen molar-refractivity contribution in [3.8, 4) is 11.1 Å². The fraction of sp³-hybridized carbons (Fsp3) is 0.341. The summed E-state index contributed by atoms with van der Waals surface area (Å²) in [6, 6.07) is 64.9. The molecule has 11 aromatic rings. The molecule has 6 heteroatoms. The summed E-state index contributed by atoms with van der Waals surface area (Å²) < 4.78 is 9.83. The molecule has 5 heterocycles. The number of nitrogens with zero attached hydrogens (tertiary/aromatic N) is 3. The van der Waals surface area contributed by atoms with Gasteiger partial charge in [0.15, 0.2) is 0 Å². The number of anilines is 8. The number of benzene rings is 9. The summed E-state index contributed by atoms with van der Waals surface area (Å²) in [5.74, 6) is 0. The van der Waals surface area contributed by atoms with Gasteiger partial charge in [-0.05, 0) is 182 Å². The molecule has 2 aromatic heterocycles. The van der Waals surface area contributed by atoms with E-state index in [1.807, 2.05) is 11.3 Å². The fourth-order valence-corrected chi connectivity index (χ4v) is 18.3. The van der Waals surface area contributed by atoms with Gasteiger partial charge in [0.05, 0.1) is 32.7 Å². The van der Waals surface area contributed by atoms with Crippen molar-refractivity contribution in [2.24, 2.45) is 0 Å². The summed E-state index contributed by atoms with van der Waals surface area (Å²) in [4.78, 5) is 8.39. The van der Waals surface area contributed by atoms with Gasteiger partial charge in [0.1, 0.15) is 11.2 Å². The molecule has 9 aromatic carbocycles. The highest BCUT2D eigenvalue weighted by atomic mass is 32.1. The molecular formula is C82H84BN3OS. The summed E-state index contributed by atoms with van der Waals surface area (Å²) in [6.07, 6.45) is 6.92. The van der Waals surface area contributed by atoms with Gasteiger partial charge >= 0.3 is 0 Å². The molecule has 2 atom stereocenters. The third kappa shape index (κ3) is 7.88. The standard InChI is InChI=1S/C82H84BN3OS/c1-76(2,3)50-30-34-63(56(42-50)49-24-17-16-18-25-49)85-68-46-53(86-64-35-31-52(78(7,8)9)44-60(64)81(14)38-21-22-39-82(81,86)15)45-67-73(68)83(61-33-37-70-72(74(61)85)57-43-51(77(4,5)6)32-36-69(57)87-70)62-47-58-59(80(12,13)41-40-79(58,10)11)48-66(62)84(67)65-28-23-27-55-54-26-19-20-29-71(54)88-75(55)65/h16-20,23-37,42-48H,21-22,38-41H2,1-15H3. The highest BCUT2D eigenvalue weighted by Gasteiger charge is 2.59. The van der Waals surface area contributed by atoms with Crippen molar-refractivity contribution >= 4 is 122 Å². The maximum absolute atomic E-state index is 7.20. The zero-order chi connectivity index (χ0) is 61.1. The first-order valence-corrected chi connectivity index (χ1v) is 33.6. The van der Waals surface area contributed by atoms with Crippen LogP contribution in [0.1, 0.15) is 176 Å². The first-order chi connectivity index (χ1) is 41.7. The normalized spacial score (nSPS) is 20.1. The largest absolute Gasteiger partial charge is 0.456 e. The van der Waals surface area contributed by atoms with Crippen LogP contribution < -0.4 is 31.1 Å². The number of hydrogen-bond donors (Lipinski definition) is 0. The van der Waals surface area contributed by atoms with E-state index in [2.05, 4.69) is 282 Å². The van der Waals surface area contributed by atoms with Gasteiger partial charge in [-0.1, -0.05) is 207 Å². The maximum Gasteiger partial charge on any atom is 0.252 e. The van der Waals surface area contributed by atoms with E-state index >= 15 is 0 Å². The number of thiophene rings is 1. The van der Waals surface area contributed by atoms with E-state index in [9.17, 15) is 0 Å². The topological polar surface area (TPSA) is 22.9 Å². The Morgan fingerprint density at radius 2 is 1.07 bits per heavy atom. The highest BCUT2D eigenvalue weighted by molar-refractivity contribution is 7.26. The lowest BCUT2D eigenvalue weighted by Gasteiger charge is -2.51. The van der Waals surface area contributed by atoms with Gasteiger partial charge in [-0.15, -0.1) is 11.3 Å². The van der Waals surface area contributed by atoms with Crippen LogP contribution >= 0.6 is 11.3 Å². The SMILES string of the molecule is CC(C)(C)c1ccc(N2c3cc(N4c5ccc(C(C)(C)C)cc5C5(C)CCCCC45C)cc4c3B(c3cc5c(cc3N4c3cccc4c3sc3ccccc34)C(C)(C)CCC5(C)C)c3ccc4oc5ccc(C(C)(C)C)cc5c4c32)c(-c2ccccc2)c1. The molecule has 0 bridgehead atoms. The van der Waals surface area contributed by atoms with Gasteiger partial charge in [-0.3, -0.25) is 0 Å². The lowest BCUT2D eigenvalue weighted by molar-refractivity contribution is 0.195. The smallest absolute Gasteiger partial charge is 0.252 e. The Morgan fingerprint density at radius 3 is 1.80 bits per heavy atom. The van der Waals surface area contributed by atoms with E-state index in [1.165, 1.54) is 139 Å². The Morgan fingerprint density at radius 1 is 0.455 bits per heavy atom.